The summed E-state index contributed by atoms with van der Waals surface area (Å²) >= 11 is 36.6. The van der Waals surface area contributed by atoms with Crippen LogP contribution in [-0.4, -0.2) is 15.7 Å². The van der Waals surface area contributed by atoms with Crippen LogP contribution in [0.3, 0.4) is 0 Å². The van der Waals surface area contributed by atoms with Gasteiger partial charge in [-0.1, -0.05) is 75.7 Å². The minimum Gasteiger partial charge on any atom is -0.482 e. The lowest BCUT2D eigenvalue weighted by Gasteiger charge is -2.12. The summed E-state index contributed by atoms with van der Waals surface area (Å²) in [6, 6.07) is 7.21. The molecule has 2 aromatic carbocycles. The summed E-state index contributed by atoms with van der Waals surface area (Å²) in [5.41, 5.74) is 2.47. The monoisotopic (exact) mass is 623 g/mol. The van der Waals surface area contributed by atoms with Gasteiger partial charge in [0.2, 0.25) is 0 Å². The first-order valence-electron chi connectivity index (χ1n) is 10.5. The molecule has 0 saturated carbocycles. The van der Waals surface area contributed by atoms with Crippen molar-refractivity contribution in [2.75, 3.05) is 5.32 Å². The molecule has 6 nitrogen and oxygen atoms in total. The maximum atomic E-state index is 13.4. The van der Waals surface area contributed by atoms with E-state index in [1.807, 2.05) is 0 Å². The summed E-state index contributed by atoms with van der Waals surface area (Å²) in [6.45, 7) is 3.73. The second-order valence-electron chi connectivity index (χ2n) is 7.85. The predicted octanol–water partition coefficient (Wildman–Crippen LogP) is 9.03. The van der Waals surface area contributed by atoms with Gasteiger partial charge in [-0.05, 0) is 43.7 Å². The molecule has 0 aliphatic heterocycles. The number of amides is 1. The molecule has 0 aliphatic rings. The number of hydrogen-bond donors (Lipinski definition) is 1. The van der Waals surface area contributed by atoms with Crippen LogP contribution in [0.2, 0.25) is 30.1 Å². The van der Waals surface area contributed by atoms with Gasteiger partial charge in [-0.2, -0.15) is 5.10 Å². The number of benzene rings is 2. The van der Waals surface area contributed by atoms with Crippen molar-refractivity contribution in [3.63, 3.8) is 0 Å². The maximum Gasteiger partial charge on any atom is 0.291 e. The molecule has 0 unspecified atom stereocenters. The number of anilines is 1. The van der Waals surface area contributed by atoms with Crippen molar-refractivity contribution < 1.29 is 18.3 Å². The van der Waals surface area contributed by atoms with Gasteiger partial charge in [0.1, 0.15) is 28.2 Å². The minimum absolute atomic E-state index is 0.000213. The Morgan fingerprint density at radius 2 is 1.65 bits per heavy atom. The third-order valence-electron chi connectivity index (χ3n) is 5.37. The molecule has 4 rings (SSSR count). The lowest BCUT2D eigenvalue weighted by Crippen LogP contribution is -2.12. The first kappa shape index (κ1) is 27.9. The van der Waals surface area contributed by atoms with Crippen LogP contribution < -0.4 is 10.1 Å². The number of rotatable bonds is 7. The molecule has 2 heterocycles. The fourth-order valence-electron chi connectivity index (χ4n) is 3.45. The van der Waals surface area contributed by atoms with E-state index in [0.29, 0.717) is 34.9 Å². The number of furan rings is 1. The van der Waals surface area contributed by atoms with Gasteiger partial charge in [-0.3, -0.25) is 9.48 Å². The number of aromatic nitrogens is 2. The van der Waals surface area contributed by atoms with Gasteiger partial charge in [0.15, 0.2) is 11.5 Å². The fraction of sp³-hybridized carbons (Fsp3) is 0.167. The van der Waals surface area contributed by atoms with E-state index in [0.717, 1.165) is 0 Å². The highest BCUT2D eigenvalue weighted by molar-refractivity contribution is 6.55. The number of carbonyl (C=O) groups is 1. The van der Waals surface area contributed by atoms with E-state index in [4.69, 9.17) is 78.8 Å². The number of nitrogens with one attached hydrogen (secondary N) is 1. The zero-order valence-electron chi connectivity index (χ0n) is 19.1. The third-order valence-corrected chi connectivity index (χ3v) is 7.96. The van der Waals surface area contributed by atoms with E-state index in [-0.39, 0.29) is 48.3 Å². The normalized spacial score (nSPS) is 11.2. The molecule has 0 radical (unpaired) electrons. The van der Waals surface area contributed by atoms with E-state index >= 15 is 0 Å². The predicted molar refractivity (Wildman–Crippen MR) is 145 cm³/mol. The molecule has 0 saturated heterocycles. The average molecular weight is 626 g/mol. The van der Waals surface area contributed by atoms with E-state index in [1.165, 1.54) is 18.2 Å². The number of halogens is 7. The third kappa shape index (κ3) is 5.82. The van der Waals surface area contributed by atoms with Crippen LogP contribution in [0.5, 0.6) is 5.75 Å². The Labute approximate surface area is 241 Å². The van der Waals surface area contributed by atoms with Crippen LogP contribution in [0.25, 0.3) is 0 Å². The first-order chi connectivity index (χ1) is 17.5. The van der Waals surface area contributed by atoms with Crippen LogP contribution in [0.1, 0.15) is 33.3 Å². The highest BCUT2D eigenvalue weighted by atomic mass is 35.5. The number of nitrogens with zero attached hydrogens (tertiary/aromatic N) is 2. The standard InChI is InChI=1S/C24H16Cl6FN3O3/c1-10-22(11(2)34(33-10)8-12-3-4-13(31)7-15(12)25)32-24(35)16-6-5-14(37-16)9-36-23-20(29)18(27)17(26)19(28)21(23)30/h3-7H,8-9H2,1-2H3,(H,32,35). The largest absolute Gasteiger partial charge is 0.482 e. The SMILES string of the molecule is Cc1nn(Cc2ccc(F)cc2Cl)c(C)c1NC(=O)c1ccc(COc2c(Cl)c(Cl)c(Cl)c(Cl)c2Cl)o1. The Bertz CT molecular complexity index is 1490. The summed E-state index contributed by atoms with van der Waals surface area (Å²) in [4.78, 5) is 12.9. The van der Waals surface area contributed by atoms with E-state index < -0.39 is 11.7 Å². The van der Waals surface area contributed by atoms with Crippen molar-refractivity contribution >= 4 is 81.2 Å². The molecule has 194 valence electrons. The molecule has 0 aliphatic carbocycles. The number of carbonyl (C=O) groups excluding carboxylic acids is 1. The summed E-state index contributed by atoms with van der Waals surface area (Å²) in [5.74, 6) is -0.536. The lowest BCUT2D eigenvalue weighted by molar-refractivity contribution is 0.0992. The van der Waals surface area contributed by atoms with Crippen molar-refractivity contribution in [3.05, 3.63) is 94.8 Å². The molecule has 0 atom stereocenters. The summed E-state index contributed by atoms with van der Waals surface area (Å²) < 4.78 is 26.3. The van der Waals surface area contributed by atoms with Crippen LogP contribution in [0.4, 0.5) is 10.1 Å². The van der Waals surface area contributed by atoms with Crippen LogP contribution in [0, 0.1) is 19.7 Å². The molecule has 0 spiro atoms. The van der Waals surface area contributed by atoms with Gasteiger partial charge in [0.25, 0.3) is 5.91 Å². The average Bonchev–Trinajstić information content (AvgIpc) is 3.43. The number of aryl methyl sites for hydroxylation is 1. The van der Waals surface area contributed by atoms with Gasteiger partial charge in [0.05, 0.1) is 38.7 Å². The van der Waals surface area contributed by atoms with Crippen molar-refractivity contribution in [2.45, 2.75) is 27.0 Å². The second kappa shape index (κ2) is 11.3. The van der Waals surface area contributed by atoms with Crippen molar-refractivity contribution in [1.29, 1.82) is 0 Å². The van der Waals surface area contributed by atoms with Gasteiger partial charge in [0, 0.05) is 5.02 Å². The Morgan fingerprint density at radius 3 is 2.30 bits per heavy atom. The Kier molecular flexibility index (Phi) is 8.53. The van der Waals surface area contributed by atoms with Gasteiger partial charge in [-0.15, -0.1) is 0 Å². The van der Waals surface area contributed by atoms with Crippen LogP contribution in [-0.2, 0) is 13.2 Å². The Morgan fingerprint density at radius 1 is 1.00 bits per heavy atom. The second-order valence-corrected chi connectivity index (χ2v) is 10.1. The summed E-state index contributed by atoms with van der Waals surface area (Å²) in [5, 5.41) is 7.56. The van der Waals surface area contributed by atoms with Crippen molar-refractivity contribution in [3.8, 4) is 5.75 Å². The molecular weight excluding hydrogens is 610 g/mol. The maximum absolute atomic E-state index is 13.4. The number of ether oxygens (including phenoxy) is 1. The van der Waals surface area contributed by atoms with Crippen LogP contribution in [0.15, 0.2) is 34.7 Å². The number of hydrogen-bond acceptors (Lipinski definition) is 4. The highest BCUT2D eigenvalue weighted by Crippen LogP contribution is 2.48. The quantitative estimate of drug-likeness (QED) is 0.164. The molecule has 0 fully saturated rings. The Balaban J connectivity index is 1.46. The minimum atomic E-state index is -0.495. The molecule has 2 aromatic heterocycles. The van der Waals surface area contributed by atoms with E-state index in [2.05, 4.69) is 10.4 Å². The molecule has 13 heteroatoms. The first-order valence-corrected chi connectivity index (χ1v) is 12.8. The Hall–Kier alpha value is -2.13. The van der Waals surface area contributed by atoms with Gasteiger partial charge in [-0.25, -0.2) is 4.39 Å². The van der Waals surface area contributed by atoms with Crippen molar-refractivity contribution in [2.24, 2.45) is 0 Å². The molecular formula is C24H16Cl6FN3O3. The molecule has 1 N–H and O–H groups in total. The topological polar surface area (TPSA) is 69.3 Å². The zero-order valence-corrected chi connectivity index (χ0v) is 23.6. The van der Waals surface area contributed by atoms with Crippen LogP contribution >= 0.6 is 69.6 Å². The highest BCUT2D eigenvalue weighted by Gasteiger charge is 2.22. The molecule has 1 amide bonds. The van der Waals surface area contributed by atoms with Gasteiger partial charge < -0.3 is 14.5 Å². The zero-order chi connectivity index (χ0) is 27.0. The van der Waals surface area contributed by atoms with E-state index in [9.17, 15) is 9.18 Å². The molecule has 4 aromatic rings. The summed E-state index contributed by atoms with van der Waals surface area (Å²) in [6.07, 6.45) is 0. The summed E-state index contributed by atoms with van der Waals surface area (Å²) in [7, 11) is 0. The smallest absolute Gasteiger partial charge is 0.291 e. The lowest BCUT2D eigenvalue weighted by atomic mass is 10.2. The molecule has 37 heavy (non-hydrogen) atoms. The van der Waals surface area contributed by atoms with Crippen molar-refractivity contribution in [1.82, 2.24) is 9.78 Å². The van der Waals surface area contributed by atoms with E-state index in [1.54, 1.807) is 30.7 Å². The fourth-order valence-corrected chi connectivity index (χ4v) is 4.91. The van der Waals surface area contributed by atoms with Gasteiger partial charge >= 0.3 is 0 Å². The molecule has 0 bridgehead atoms.